The molecule has 160 valence electrons. The highest BCUT2D eigenvalue weighted by Gasteiger charge is 2.28. The predicted molar refractivity (Wildman–Crippen MR) is 119 cm³/mol. The normalized spacial score (nSPS) is 16.8. The van der Waals surface area contributed by atoms with Crippen LogP contribution in [0.4, 0.5) is 0 Å². The smallest absolute Gasteiger partial charge is 0.287 e. The molecule has 1 atom stereocenters. The van der Waals surface area contributed by atoms with Crippen molar-refractivity contribution in [1.82, 2.24) is 10.2 Å². The first-order chi connectivity index (χ1) is 14.3. The molecule has 1 aliphatic heterocycles. The zero-order chi connectivity index (χ0) is 21.4. The second kappa shape index (κ2) is 8.31. The average Bonchev–Trinajstić information content (AvgIpc) is 3.26. The van der Waals surface area contributed by atoms with E-state index in [1.165, 1.54) is 12.8 Å². The van der Waals surface area contributed by atoms with E-state index in [9.17, 15) is 4.79 Å². The highest BCUT2D eigenvalue weighted by Crippen LogP contribution is 2.30. The van der Waals surface area contributed by atoms with Crippen molar-refractivity contribution in [2.45, 2.75) is 53.5 Å². The van der Waals surface area contributed by atoms with Gasteiger partial charge in [-0.2, -0.15) is 0 Å². The maximum Gasteiger partial charge on any atom is 0.287 e. The van der Waals surface area contributed by atoms with Gasteiger partial charge in [-0.05, 0) is 88.9 Å². The van der Waals surface area contributed by atoms with Gasteiger partial charge in [0.15, 0.2) is 5.76 Å². The molecule has 1 aromatic carbocycles. The summed E-state index contributed by atoms with van der Waals surface area (Å²) in [5.74, 6) is 2.79. The highest BCUT2D eigenvalue weighted by molar-refractivity contribution is 6.00. The third-order valence-corrected chi connectivity index (χ3v) is 6.38. The van der Waals surface area contributed by atoms with Gasteiger partial charge in [-0.15, -0.1) is 0 Å². The maximum atomic E-state index is 13.1. The van der Waals surface area contributed by atoms with Crippen LogP contribution in [-0.2, 0) is 0 Å². The number of hydrogen-bond donors (Lipinski definition) is 1. The van der Waals surface area contributed by atoms with Gasteiger partial charge in [0, 0.05) is 17.5 Å². The number of aryl methyl sites for hydroxylation is 4. The lowest BCUT2D eigenvalue weighted by Crippen LogP contribution is -2.41. The van der Waals surface area contributed by atoms with Gasteiger partial charge in [0.1, 0.15) is 17.1 Å². The summed E-state index contributed by atoms with van der Waals surface area (Å²) in [5, 5.41) is 4.15. The van der Waals surface area contributed by atoms with Gasteiger partial charge in [-0.1, -0.05) is 13.0 Å². The number of hydrogen-bond acceptors (Lipinski definition) is 4. The van der Waals surface area contributed by atoms with E-state index in [4.69, 9.17) is 8.83 Å². The largest absolute Gasteiger partial charge is 0.465 e. The van der Waals surface area contributed by atoms with Crippen molar-refractivity contribution >= 4 is 16.9 Å². The van der Waals surface area contributed by atoms with Crippen molar-refractivity contribution in [3.8, 4) is 0 Å². The second-order valence-corrected chi connectivity index (χ2v) is 8.90. The van der Waals surface area contributed by atoms with Crippen molar-refractivity contribution in [3.63, 3.8) is 0 Å². The fraction of sp³-hybridized carbons (Fsp3) is 0.480. The van der Waals surface area contributed by atoms with Crippen molar-refractivity contribution in [2.24, 2.45) is 5.92 Å². The molecule has 1 N–H and O–H groups in total. The van der Waals surface area contributed by atoms with Crippen LogP contribution in [0.2, 0.25) is 0 Å². The quantitative estimate of drug-likeness (QED) is 0.609. The van der Waals surface area contributed by atoms with Crippen LogP contribution in [-0.4, -0.2) is 30.4 Å². The van der Waals surface area contributed by atoms with Crippen molar-refractivity contribution in [1.29, 1.82) is 0 Å². The summed E-state index contributed by atoms with van der Waals surface area (Å²) in [6.45, 7) is 12.9. The summed E-state index contributed by atoms with van der Waals surface area (Å²) in [7, 11) is 0. The predicted octanol–water partition coefficient (Wildman–Crippen LogP) is 5.46. The van der Waals surface area contributed by atoms with E-state index in [0.717, 1.165) is 58.2 Å². The standard InChI is InChI=1S/C25H32N2O3/c1-15-8-10-27(11-9-15)20(21-7-6-18(4)29-21)14-26-25(28)24-19(5)23-17(3)12-16(2)13-22(23)30-24/h6-7,12-13,15,20H,8-11,14H2,1-5H3,(H,26,28)/t20-/m0/s1. The molecule has 1 fully saturated rings. The van der Waals surface area contributed by atoms with Crippen molar-refractivity contribution in [3.05, 3.63) is 58.2 Å². The van der Waals surface area contributed by atoms with E-state index in [1.807, 2.05) is 39.0 Å². The fourth-order valence-electron chi connectivity index (χ4n) is 4.66. The van der Waals surface area contributed by atoms with Crippen LogP contribution in [0.3, 0.4) is 0 Å². The Bertz CT molecular complexity index is 1050. The third-order valence-electron chi connectivity index (χ3n) is 6.38. The Hall–Kier alpha value is -2.53. The molecule has 1 aliphatic rings. The number of fused-ring (bicyclic) bond motifs is 1. The zero-order valence-corrected chi connectivity index (χ0v) is 18.7. The monoisotopic (exact) mass is 408 g/mol. The van der Waals surface area contributed by atoms with Crippen LogP contribution < -0.4 is 5.32 Å². The number of carbonyl (C=O) groups excluding carboxylic acids is 1. The number of rotatable bonds is 5. The Morgan fingerprint density at radius 2 is 1.87 bits per heavy atom. The zero-order valence-electron chi connectivity index (χ0n) is 18.7. The maximum absolute atomic E-state index is 13.1. The summed E-state index contributed by atoms with van der Waals surface area (Å²) in [4.78, 5) is 15.5. The number of amides is 1. The second-order valence-electron chi connectivity index (χ2n) is 8.90. The minimum Gasteiger partial charge on any atom is -0.465 e. The van der Waals surface area contributed by atoms with Crippen LogP contribution in [0, 0.1) is 33.6 Å². The molecular weight excluding hydrogens is 376 g/mol. The SMILES string of the molecule is Cc1cc(C)c2c(C)c(C(=O)NC[C@@H](c3ccc(C)o3)N3CCC(C)CC3)oc2c1. The van der Waals surface area contributed by atoms with Crippen LogP contribution in [0.15, 0.2) is 33.1 Å². The van der Waals surface area contributed by atoms with Gasteiger partial charge >= 0.3 is 0 Å². The number of furan rings is 2. The lowest BCUT2D eigenvalue weighted by Gasteiger charge is -2.35. The molecule has 2 aromatic heterocycles. The average molecular weight is 409 g/mol. The molecule has 5 nitrogen and oxygen atoms in total. The number of carbonyl (C=O) groups is 1. The van der Waals surface area contributed by atoms with Gasteiger partial charge in [0.2, 0.25) is 0 Å². The van der Waals surface area contributed by atoms with E-state index < -0.39 is 0 Å². The van der Waals surface area contributed by atoms with Gasteiger partial charge in [0.25, 0.3) is 5.91 Å². The Balaban J connectivity index is 1.55. The Kier molecular flexibility index (Phi) is 5.74. The van der Waals surface area contributed by atoms with Gasteiger partial charge in [-0.3, -0.25) is 9.69 Å². The summed E-state index contributed by atoms with van der Waals surface area (Å²) in [5.41, 5.74) is 3.94. The first-order valence-electron chi connectivity index (χ1n) is 10.9. The summed E-state index contributed by atoms with van der Waals surface area (Å²) in [6, 6.07) is 8.17. The molecule has 30 heavy (non-hydrogen) atoms. The van der Waals surface area contributed by atoms with E-state index >= 15 is 0 Å². The number of nitrogens with one attached hydrogen (secondary N) is 1. The topological polar surface area (TPSA) is 58.6 Å². The van der Waals surface area contributed by atoms with E-state index in [1.54, 1.807) is 0 Å². The molecule has 4 rings (SSSR count). The third kappa shape index (κ3) is 4.04. The van der Waals surface area contributed by atoms with Crippen molar-refractivity contribution in [2.75, 3.05) is 19.6 Å². The number of piperidine rings is 1. The van der Waals surface area contributed by atoms with E-state index in [0.29, 0.717) is 12.3 Å². The van der Waals surface area contributed by atoms with Crippen LogP contribution in [0.5, 0.6) is 0 Å². The van der Waals surface area contributed by atoms with Gasteiger partial charge in [-0.25, -0.2) is 0 Å². The van der Waals surface area contributed by atoms with Crippen molar-refractivity contribution < 1.29 is 13.6 Å². The molecular formula is C25H32N2O3. The Morgan fingerprint density at radius 3 is 2.53 bits per heavy atom. The molecule has 0 radical (unpaired) electrons. The first kappa shape index (κ1) is 20.7. The Labute approximate surface area is 178 Å². The molecule has 3 heterocycles. The molecule has 0 bridgehead atoms. The fourth-order valence-corrected chi connectivity index (χ4v) is 4.66. The van der Waals surface area contributed by atoms with E-state index in [-0.39, 0.29) is 11.9 Å². The van der Waals surface area contributed by atoms with E-state index in [2.05, 4.69) is 30.1 Å². The van der Waals surface area contributed by atoms with Crippen LogP contribution in [0.25, 0.3) is 11.0 Å². The summed E-state index contributed by atoms with van der Waals surface area (Å²) in [6.07, 6.45) is 2.34. The molecule has 0 spiro atoms. The molecule has 1 saturated heterocycles. The number of nitrogens with zero attached hydrogens (tertiary/aromatic N) is 1. The number of benzene rings is 1. The lowest BCUT2D eigenvalue weighted by atomic mass is 9.97. The summed E-state index contributed by atoms with van der Waals surface area (Å²) >= 11 is 0. The minimum atomic E-state index is -0.167. The molecule has 0 unspecified atom stereocenters. The first-order valence-corrected chi connectivity index (χ1v) is 10.9. The highest BCUT2D eigenvalue weighted by atomic mass is 16.3. The molecule has 0 aliphatic carbocycles. The Morgan fingerprint density at radius 1 is 1.13 bits per heavy atom. The van der Waals surface area contributed by atoms with Gasteiger partial charge < -0.3 is 14.2 Å². The van der Waals surface area contributed by atoms with Crippen LogP contribution in [0.1, 0.15) is 64.6 Å². The number of likely N-dealkylation sites (tertiary alicyclic amines) is 1. The molecule has 0 saturated carbocycles. The molecule has 5 heteroatoms. The summed E-state index contributed by atoms with van der Waals surface area (Å²) < 4.78 is 11.9. The minimum absolute atomic E-state index is 0.0313. The van der Waals surface area contributed by atoms with Gasteiger partial charge in [0.05, 0.1) is 6.04 Å². The molecule has 1 amide bonds. The van der Waals surface area contributed by atoms with Crippen LogP contribution >= 0.6 is 0 Å². The lowest BCUT2D eigenvalue weighted by molar-refractivity contribution is 0.0871. The molecule has 3 aromatic rings.